The van der Waals surface area contributed by atoms with Crippen molar-refractivity contribution in [1.29, 1.82) is 0 Å². The zero-order chi connectivity index (χ0) is 13.8. The molecule has 2 rings (SSSR count). The Kier molecular flexibility index (Phi) is 3.74. The van der Waals surface area contributed by atoms with Crippen LogP contribution in [0.25, 0.3) is 0 Å². The standard InChI is InChI=1S/C12H14N4O3/c1-3-19-12(18)10-7-13-16(14-10)8-9-4-5-15(2)11(17)6-9/h4-7H,3,8H2,1-2H3. The van der Waals surface area contributed by atoms with Crippen LogP contribution in [0.2, 0.25) is 0 Å². The molecule has 0 aliphatic heterocycles. The summed E-state index contributed by atoms with van der Waals surface area (Å²) >= 11 is 0. The van der Waals surface area contributed by atoms with Gasteiger partial charge in [-0.3, -0.25) is 4.79 Å². The fourth-order valence-corrected chi connectivity index (χ4v) is 1.52. The first kappa shape index (κ1) is 13.0. The third-order valence-corrected chi connectivity index (χ3v) is 2.51. The number of pyridine rings is 1. The Morgan fingerprint density at radius 1 is 1.47 bits per heavy atom. The van der Waals surface area contributed by atoms with Gasteiger partial charge in [0.15, 0.2) is 5.69 Å². The second-order valence-corrected chi connectivity index (χ2v) is 3.96. The van der Waals surface area contributed by atoms with Gasteiger partial charge < -0.3 is 9.30 Å². The van der Waals surface area contributed by atoms with Crippen LogP contribution in [-0.2, 0) is 18.3 Å². The van der Waals surface area contributed by atoms with Gasteiger partial charge in [0.25, 0.3) is 5.56 Å². The van der Waals surface area contributed by atoms with Crippen molar-refractivity contribution in [1.82, 2.24) is 19.6 Å². The molecule has 0 fully saturated rings. The lowest BCUT2D eigenvalue weighted by atomic mass is 10.3. The summed E-state index contributed by atoms with van der Waals surface area (Å²) in [6.45, 7) is 2.35. The Balaban J connectivity index is 2.13. The van der Waals surface area contributed by atoms with Crippen LogP contribution in [0.15, 0.2) is 29.3 Å². The van der Waals surface area contributed by atoms with Gasteiger partial charge in [0.1, 0.15) is 0 Å². The molecule has 19 heavy (non-hydrogen) atoms. The molecule has 0 unspecified atom stereocenters. The number of hydrogen-bond donors (Lipinski definition) is 0. The van der Waals surface area contributed by atoms with Crippen molar-refractivity contribution in [3.05, 3.63) is 46.1 Å². The molecule has 100 valence electrons. The van der Waals surface area contributed by atoms with Gasteiger partial charge in [0.2, 0.25) is 0 Å². The predicted molar refractivity (Wildman–Crippen MR) is 66.8 cm³/mol. The van der Waals surface area contributed by atoms with Crippen molar-refractivity contribution in [3.63, 3.8) is 0 Å². The number of carbonyl (C=O) groups is 1. The molecule has 0 aromatic carbocycles. The summed E-state index contributed by atoms with van der Waals surface area (Å²) in [7, 11) is 1.68. The van der Waals surface area contributed by atoms with Gasteiger partial charge in [-0.05, 0) is 18.6 Å². The molecular formula is C12H14N4O3. The maximum absolute atomic E-state index is 11.5. The quantitative estimate of drug-likeness (QED) is 0.735. The average molecular weight is 262 g/mol. The van der Waals surface area contributed by atoms with Gasteiger partial charge in [-0.2, -0.15) is 9.90 Å². The van der Waals surface area contributed by atoms with Crippen molar-refractivity contribution in [3.8, 4) is 0 Å². The van der Waals surface area contributed by atoms with Crippen LogP contribution in [0.3, 0.4) is 0 Å². The number of hydrogen-bond acceptors (Lipinski definition) is 5. The van der Waals surface area contributed by atoms with Crippen LogP contribution in [0.5, 0.6) is 0 Å². The Bertz CT molecular complexity index is 644. The summed E-state index contributed by atoms with van der Waals surface area (Å²) in [5.74, 6) is -0.502. The van der Waals surface area contributed by atoms with Gasteiger partial charge in [-0.25, -0.2) is 4.79 Å². The lowest BCUT2D eigenvalue weighted by Gasteiger charge is -2.01. The largest absolute Gasteiger partial charge is 0.461 e. The molecule has 0 radical (unpaired) electrons. The van der Waals surface area contributed by atoms with Gasteiger partial charge in [0.05, 0.1) is 19.3 Å². The van der Waals surface area contributed by atoms with Crippen molar-refractivity contribution in [2.45, 2.75) is 13.5 Å². The van der Waals surface area contributed by atoms with Crippen molar-refractivity contribution in [2.75, 3.05) is 6.61 Å². The number of esters is 1. The van der Waals surface area contributed by atoms with Gasteiger partial charge in [-0.15, -0.1) is 5.10 Å². The lowest BCUT2D eigenvalue weighted by molar-refractivity contribution is 0.0518. The Morgan fingerprint density at radius 2 is 2.26 bits per heavy atom. The Morgan fingerprint density at radius 3 is 2.95 bits per heavy atom. The number of carbonyl (C=O) groups excluding carboxylic acids is 1. The SMILES string of the molecule is CCOC(=O)c1cnn(Cc2ccn(C)c(=O)c2)n1. The number of rotatable bonds is 4. The van der Waals surface area contributed by atoms with E-state index in [9.17, 15) is 9.59 Å². The second kappa shape index (κ2) is 5.47. The van der Waals surface area contributed by atoms with E-state index in [1.807, 2.05) is 0 Å². The highest BCUT2D eigenvalue weighted by Gasteiger charge is 2.11. The molecule has 0 N–H and O–H groups in total. The lowest BCUT2D eigenvalue weighted by Crippen LogP contribution is -2.16. The molecule has 0 aliphatic rings. The highest BCUT2D eigenvalue weighted by atomic mass is 16.5. The Hall–Kier alpha value is -2.44. The van der Waals surface area contributed by atoms with Gasteiger partial charge in [0, 0.05) is 19.3 Å². The van der Waals surface area contributed by atoms with Crippen LogP contribution >= 0.6 is 0 Å². The highest BCUT2D eigenvalue weighted by molar-refractivity contribution is 5.86. The predicted octanol–water partition coefficient (Wildman–Crippen LogP) is 0.202. The van der Waals surface area contributed by atoms with E-state index in [-0.39, 0.29) is 11.3 Å². The third kappa shape index (κ3) is 3.06. The summed E-state index contributed by atoms with van der Waals surface area (Å²) in [6.07, 6.45) is 3.02. The minimum Gasteiger partial charge on any atom is -0.461 e. The van der Waals surface area contributed by atoms with E-state index in [1.54, 1.807) is 26.2 Å². The molecule has 0 saturated heterocycles. The van der Waals surface area contributed by atoms with E-state index in [4.69, 9.17) is 4.74 Å². The van der Waals surface area contributed by atoms with Crippen molar-refractivity contribution < 1.29 is 9.53 Å². The first-order valence-electron chi connectivity index (χ1n) is 5.83. The molecule has 0 spiro atoms. The smallest absolute Gasteiger partial charge is 0.360 e. The summed E-state index contributed by atoms with van der Waals surface area (Å²) in [6, 6.07) is 3.31. The molecule has 7 heteroatoms. The van der Waals surface area contributed by atoms with Crippen molar-refractivity contribution >= 4 is 5.97 Å². The summed E-state index contributed by atoms with van der Waals surface area (Å²) < 4.78 is 6.29. The maximum atomic E-state index is 11.5. The molecule has 2 aromatic heterocycles. The number of aryl methyl sites for hydroxylation is 1. The third-order valence-electron chi connectivity index (χ3n) is 2.51. The molecule has 2 aromatic rings. The van der Waals surface area contributed by atoms with E-state index in [2.05, 4.69) is 10.2 Å². The normalized spacial score (nSPS) is 10.4. The minimum absolute atomic E-state index is 0.102. The minimum atomic E-state index is -0.502. The second-order valence-electron chi connectivity index (χ2n) is 3.96. The topological polar surface area (TPSA) is 79.0 Å². The molecule has 2 heterocycles. The molecule has 0 bridgehead atoms. The molecule has 0 saturated carbocycles. The fraction of sp³-hybridized carbons (Fsp3) is 0.333. The van der Waals surface area contributed by atoms with Crippen LogP contribution in [0.1, 0.15) is 23.0 Å². The highest BCUT2D eigenvalue weighted by Crippen LogP contribution is 2.00. The fourth-order valence-electron chi connectivity index (χ4n) is 1.52. The summed E-state index contributed by atoms with van der Waals surface area (Å²) in [5.41, 5.74) is 0.829. The van der Waals surface area contributed by atoms with Crippen LogP contribution < -0.4 is 5.56 Å². The van der Waals surface area contributed by atoms with Crippen LogP contribution in [0.4, 0.5) is 0 Å². The molecule has 0 amide bonds. The first-order valence-corrected chi connectivity index (χ1v) is 5.83. The summed E-state index contributed by atoms with van der Waals surface area (Å²) in [5, 5.41) is 7.96. The molecular weight excluding hydrogens is 248 g/mol. The van der Waals surface area contributed by atoms with E-state index < -0.39 is 5.97 Å². The van der Waals surface area contributed by atoms with E-state index in [1.165, 1.54) is 21.6 Å². The van der Waals surface area contributed by atoms with Gasteiger partial charge >= 0.3 is 5.97 Å². The average Bonchev–Trinajstić information content (AvgIpc) is 2.83. The van der Waals surface area contributed by atoms with E-state index in [0.29, 0.717) is 13.2 Å². The zero-order valence-corrected chi connectivity index (χ0v) is 10.7. The first-order chi connectivity index (χ1) is 9.10. The number of ether oxygens (including phenoxy) is 1. The van der Waals surface area contributed by atoms with E-state index >= 15 is 0 Å². The van der Waals surface area contributed by atoms with Gasteiger partial charge in [-0.1, -0.05) is 0 Å². The van der Waals surface area contributed by atoms with E-state index in [0.717, 1.165) is 5.56 Å². The van der Waals surface area contributed by atoms with Crippen LogP contribution in [0, 0.1) is 0 Å². The monoisotopic (exact) mass is 262 g/mol. The zero-order valence-electron chi connectivity index (χ0n) is 10.7. The number of nitrogens with zero attached hydrogens (tertiary/aromatic N) is 4. The molecule has 7 nitrogen and oxygen atoms in total. The summed E-state index contributed by atoms with van der Waals surface area (Å²) in [4.78, 5) is 24.2. The Labute approximate surface area is 109 Å². The van der Waals surface area contributed by atoms with Crippen LogP contribution in [-0.4, -0.2) is 32.1 Å². The molecule has 0 atom stereocenters. The van der Waals surface area contributed by atoms with Crippen molar-refractivity contribution in [2.24, 2.45) is 7.05 Å². The molecule has 0 aliphatic carbocycles. The number of aromatic nitrogens is 4. The maximum Gasteiger partial charge on any atom is 0.360 e.